The first-order valence-corrected chi connectivity index (χ1v) is 8.12. The number of rotatable bonds is 3. The molecule has 1 aromatic carbocycles. The average Bonchev–Trinajstić information content (AvgIpc) is 3.34. The molecule has 0 bridgehead atoms. The molecule has 1 aliphatic rings. The second-order valence-electron chi connectivity index (χ2n) is 5.98. The molecule has 1 atom stereocenters. The Labute approximate surface area is 139 Å². The van der Waals surface area contributed by atoms with E-state index >= 15 is 0 Å². The number of hydrogen-bond acceptors (Lipinski definition) is 4. The van der Waals surface area contributed by atoms with Crippen molar-refractivity contribution < 1.29 is 9.32 Å². The molecular weight excluding hydrogens is 304 g/mol. The molecule has 1 aliphatic heterocycles. The van der Waals surface area contributed by atoms with Crippen molar-refractivity contribution in [3.63, 3.8) is 0 Å². The van der Waals surface area contributed by atoms with Crippen molar-refractivity contribution in [3.8, 4) is 11.3 Å². The van der Waals surface area contributed by atoms with E-state index < -0.39 is 0 Å². The maximum Gasteiger partial charge on any atom is 0.276 e. The second-order valence-corrected chi connectivity index (χ2v) is 5.98. The highest BCUT2D eigenvalue weighted by atomic mass is 16.5. The molecule has 3 aromatic rings. The van der Waals surface area contributed by atoms with Crippen LogP contribution >= 0.6 is 0 Å². The minimum Gasteiger partial charge on any atom is -0.355 e. The predicted octanol–water partition coefficient (Wildman–Crippen LogP) is 3.02. The van der Waals surface area contributed by atoms with Crippen LogP contribution in [0.25, 0.3) is 11.3 Å². The SMILES string of the molecule is O=C(c1cc(-c2ccccc2)on1)N1CCC[C@@H](n2cccn2)C1. The van der Waals surface area contributed by atoms with Crippen LogP contribution < -0.4 is 0 Å². The van der Waals surface area contributed by atoms with Crippen molar-refractivity contribution >= 4 is 5.91 Å². The maximum atomic E-state index is 12.7. The van der Waals surface area contributed by atoms with E-state index in [4.69, 9.17) is 4.52 Å². The Bertz CT molecular complexity index is 811. The topological polar surface area (TPSA) is 64.2 Å². The summed E-state index contributed by atoms with van der Waals surface area (Å²) in [4.78, 5) is 14.6. The summed E-state index contributed by atoms with van der Waals surface area (Å²) >= 11 is 0. The van der Waals surface area contributed by atoms with Crippen molar-refractivity contribution in [2.24, 2.45) is 0 Å². The van der Waals surface area contributed by atoms with Gasteiger partial charge in [0, 0.05) is 37.1 Å². The van der Waals surface area contributed by atoms with E-state index in [0.717, 1.165) is 24.9 Å². The molecule has 6 nitrogen and oxygen atoms in total. The largest absolute Gasteiger partial charge is 0.355 e. The average molecular weight is 322 g/mol. The third-order valence-corrected chi connectivity index (χ3v) is 4.37. The van der Waals surface area contributed by atoms with Gasteiger partial charge in [0.1, 0.15) is 0 Å². The van der Waals surface area contributed by atoms with E-state index in [0.29, 0.717) is 18.0 Å². The molecule has 6 heteroatoms. The van der Waals surface area contributed by atoms with Gasteiger partial charge in [0.15, 0.2) is 11.5 Å². The normalized spacial score (nSPS) is 17.8. The third kappa shape index (κ3) is 2.82. The smallest absolute Gasteiger partial charge is 0.276 e. The fourth-order valence-electron chi connectivity index (χ4n) is 3.13. The van der Waals surface area contributed by atoms with E-state index in [1.165, 1.54) is 0 Å². The predicted molar refractivity (Wildman–Crippen MR) is 88.3 cm³/mol. The van der Waals surface area contributed by atoms with Gasteiger partial charge in [-0.25, -0.2) is 0 Å². The molecule has 3 heterocycles. The summed E-state index contributed by atoms with van der Waals surface area (Å²) in [5.41, 5.74) is 1.27. The fourth-order valence-corrected chi connectivity index (χ4v) is 3.13. The number of carbonyl (C=O) groups is 1. The molecule has 4 rings (SSSR count). The molecule has 1 fully saturated rings. The van der Waals surface area contributed by atoms with Crippen LogP contribution in [-0.4, -0.2) is 38.8 Å². The molecule has 1 saturated heterocycles. The van der Waals surface area contributed by atoms with E-state index in [2.05, 4.69) is 10.3 Å². The number of benzene rings is 1. The summed E-state index contributed by atoms with van der Waals surface area (Å²) in [7, 11) is 0. The first kappa shape index (κ1) is 14.7. The van der Waals surface area contributed by atoms with Gasteiger partial charge in [0.2, 0.25) is 0 Å². The van der Waals surface area contributed by atoms with Gasteiger partial charge in [-0.15, -0.1) is 0 Å². The Kier molecular flexibility index (Phi) is 3.86. The molecule has 0 spiro atoms. The standard InChI is InChI=1S/C18H18N4O2/c23-18(16-12-17(24-20-16)14-6-2-1-3-7-14)21-10-4-8-15(13-21)22-11-5-9-19-22/h1-3,5-7,9,11-12,15H,4,8,10,13H2/t15-/m1/s1. The molecule has 0 radical (unpaired) electrons. The summed E-state index contributed by atoms with van der Waals surface area (Å²) in [6, 6.07) is 13.5. The third-order valence-electron chi connectivity index (χ3n) is 4.37. The van der Waals surface area contributed by atoms with Crippen LogP contribution in [-0.2, 0) is 0 Å². The Morgan fingerprint density at radius 2 is 2.08 bits per heavy atom. The quantitative estimate of drug-likeness (QED) is 0.743. The molecule has 0 unspecified atom stereocenters. The van der Waals surface area contributed by atoms with Crippen molar-refractivity contribution in [1.82, 2.24) is 19.8 Å². The molecule has 24 heavy (non-hydrogen) atoms. The molecule has 1 amide bonds. The zero-order valence-corrected chi connectivity index (χ0v) is 13.2. The molecule has 122 valence electrons. The Hall–Kier alpha value is -2.89. The van der Waals surface area contributed by atoms with E-state index in [1.54, 1.807) is 12.3 Å². The fraction of sp³-hybridized carbons (Fsp3) is 0.278. The van der Waals surface area contributed by atoms with Crippen LogP contribution in [0.2, 0.25) is 0 Å². The highest BCUT2D eigenvalue weighted by Gasteiger charge is 2.27. The highest BCUT2D eigenvalue weighted by molar-refractivity contribution is 5.93. The van der Waals surface area contributed by atoms with Gasteiger partial charge in [-0.1, -0.05) is 35.5 Å². The Morgan fingerprint density at radius 1 is 1.21 bits per heavy atom. The summed E-state index contributed by atoms with van der Waals surface area (Å²) in [6.45, 7) is 1.39. The summed E-state index contributed by atoms with van der Waals surface area (Å²) < 4.78 is 7.27. The maximum absolute atomic E-state index is 12.7. The number of hydrogen-bond donors (Lipinski definition) is 0. The number of likely N-dealkylation sites (tertiary alicyclic amines) is 1. The minimum atomic E-state index is -0.0854. The van der Waals surface area contributed by atoms with Crippen LogP contribution in [0.3, 0.4) is 0 Å². The van der Waals surface area contributed by atoms with Crippen molar-refractivity contribution in [3.05, 3.63) is 60.6 Å². The Balaban J connectivity index is 1.50. The second kappa shape index (κ2) is 6.31. The molecule has 2 aromatic heterocycles. The van der Waals surface area contributed by atoms with Gasteiger partial charge < -0.3 is 9.42 Å². The minimum absolute atomic E-state index is 0.0854. The van der Waals surface area contributed by atoms with Crippen LogP contribution in [0.4, 0.5) is 0 Å². The van der Waals surface area contributed by atoms with E-state index in [1.807, 2.05) is 52.2 Å². The monoisotopic (exact) mass is 322 g/mol. The van der Waals surface area contributed by atoms with Gasteiger partial charge in [-0.2, -0.15) is 5.10 Å². The van der Waals surface area contributed by atoms with Crippen LogP contribution in [0.15, 0.2) is 59.4 Å². The van der Waals surface area contributed by atoms with Gasteiger partial charge in [-0.3, -0.25) is 9.48 Å². The highest BCUT2D eigenvalue weighted by Crippen LogP contribution is 2.24. The van der Waals surface area contributed by atoms with Crippen LogP contribution in [0.5, 0.6) is 0 Å². The van der Waals surface area contributed by atoms with E-state index in [9.17, 15) is 4.79 Å². The molecular formula is C18H18N4O2. The molecule has 0 N–H and O–H groups in total. The van der Waals surface area contributed by atoms with Crippen molar-refractivity contribution in [2.45, 2.75) is 18.9 Å². The van der Waals surface area contributed by atoms with Crippen LogP contribution in [0, 0.1) is 0 Å². The lowest BCUT2D eigenvalue weighted by molar-refractivity contribution is 0.0662. The molecule has 0 saturated carbocycles. The first-order valence-electron chi connectivity index (χ1n) is 8.12. The van der Waals surface area contributed by atoms with Gasteiger partial charge >= 0.3 is 0 Å². The lowest BCUT2D eigenvalue weighted by atomic mass is 10.1. The van der Waals surface area contributed by atoms with E-state index in [-0.39, 0.29) is 11.9 Å². The number of amides is 1. The lowest BCUT2D eigenvalue weighted by Crippen LogP contribution is -2.41. The van der Waals surface area contributed by atoms with Crippen molar-refractivity contribution in [2.75, 3.05) is 13.1 Å². The van der Waals surface area contributed by atoms with Gasteiger partial charge in [0.25, 0.3) is 5.91 Å². The summed E-state index contributed by atoms with van der Waals surface area (Å²) in [5, 5.41) is 8.26. The first-order chi connectivity index (χ1) is 11.8. The zero-order valence-electron chi connectivity index (χ0n) is 13.2. The number of aromatic nitrogens is 3. The number of carbonyl (C=O) groups excluding carboxylic acids is 1. The zero-order chi connectivity index (χ0) is 16.4. The van der Waals surface area contributed by atoms with Gasteiger partial charge in [0.05, 0.1) is 6.04 Å². The molecule has 0 aliphatic carbocycles. The van der Waals surface area contributed by atoms with Crippen LogP contribution in [0.1, 0.15) is 29.4 Å². The number of nitrogens with zero attached hydrogens (tertiary/aromatic N) is 4. The Morgan fingerprint density at radius 3 is 2.88 bits per heavy atom. The summed E-state index contributed by atoms with van der Waals surface area (Å²) in [6.07, 6.45) is 5.70. The van der Waals surface area contributed by atoms with Gasteiger partial charge in [-0.05, 0) is 18.9 Å². The summed E-state index contributed by atoms with van der Waals surface area (Å²) in [5.74, 6) is 0.525. The lowest BCUT2D eigenvalue weighted by Gasteiger charge is -2.32. The van der Waals surface area contributed by atoms with Crippen molar-refractivity contribution in [1.29, 1.82) is 0 Å². The number of piperidine rings is 1.